The van der Waals surface area contributed by atoms with E-state index in [1.807, 2.05) is 22.2 Å². The molecule has 0 aliphatic rings. The van der Waals surface area contributed by atoms with Gasteiger partial charge in [0, 0.05) is 17.8 Å². The Hall–Kier alpha value is -1.94. The number of fused-ring (bicyclic) bond motifs is 1. The third-order valence-corrected chi connectivity index (χ3v) is 5.85. The number of nitrogens with one attached hydrogen (secondary N) is 2. The van der Waals surface area contributed by atoms with Crippen LogP contribution in [0.5, 0.6) is 0 Å². The summed E-state index contributed by atoms with van der Waals surface area (Å²) in [4.78, 5) is 17.5. The molecule has 2 aromatic heterocycles. The molecule has 0 radical (unpaired) electrons. The molecule has 0 spiro atoms. The Bertz CT molecular complexity index is 982. The molecule has 3 aromatic rings. The fraction of sp³-hybridized carbons (Fsp3) is 0.143. The number of imidazole rings is 1. The lowest BCUT2D eigenvalue weighted by Gasteiger charge is -2.08. The summed E-state index contributed by atoms with van der Waals surface area (Å²) in [5.74, 6) is -0.468. The van der Waals surface area contributed by atoms with E-state index in [1.165, 1.54) is 36.6 Å². The summed E-state index contributed by atoms with van der Waals surface area (Å²) in [6, 6.07) is 3.97. The molecule has 7 nitrogen and oxygen atoms in total. The van der Waals surface area contributed by atoms with E-state index >= 15 is 0 Å². The van der Waals surface area contributed by atoms with Crippen molar-refractivity contribution in [2.75, 3.05) is 7.05 Å². The third-order valence-electron chi connectivity index (χ3n) is 3.33. The number of halogens is 1. The van der Waals surface area contributed by atoms with E-state index in [0.29, 0.717) is 5.69 Å². The maximum absolute atomic E-state index is 12.3. The zero-order chi connectivity index (χ0) is 17.3. The topological polar surface area (TPSA) is 92.6 Å². The first kappa shape index (κ1) is 16.9. The van der Waals surface area contributed by atoms with Crippen molar-refractivity contribution in [2.45, 2.75) is 11.4 Å². The van der Waals surface area contributed by atoms with Crippen molar-refractivity contribution in [3.05, 3.63) is 52.3 Å². The molecular formula is C14H13ClN4O3S2. The van der Waals surface area contributed by atoms with Crippen LogP contribution in [0.1, 0.15) is 16.1 Å². The summed E-state index contributed by atoms with van der Waals surface area (Å²) in [6.45, 7) is 0.215. The van der Waals surface area contributed by atoms with Crippen molar-refractivity contribution in [1.29, 1.82) is 0 Å². The van der Waals surface area contributed by atoms with E-state index in [9.17, 15) is 13.2 Å². The molecule has 0 unspecified atom stereocenters. The fourth-order valence-electron chi connectivity index (χ4n) is 2.09. The van der Waals surface area contributed by atoms with Crippen LogP contribution < -0.4 is 10.0 Å². The van der Waals surface area contributed by atoms with Crippen LogP contribution in [0.25, 0.3) is 4.96 Å². The highest BCUT2D eigenvalue weighted by atomic mass is 35.5. The highest BCUT2D eigenvalue weighted by molar-refractivity contribution is 7.89. The van der Waals surface area contributed by atoms with Crippen LogP contribution in [0.2, 0.25) is 5.02 Å². The van der Waals surface area contributed by atoms with Gasteiger partial charge in [0.2, 0.25) is 10.0 Å². The van der Waals surface area contributed by atoms with E-state index in [2.05, 4.69) is 15.0 Å². The van der Waals surface area contributed by atoms with E-state index in [4.69, 9.17) is 11.6 Å². The SMILES string of the molecule is CNS(=O)(=O)c1ccc(Cl)c(C(=O)NCc2cn3ccsc3n2)c1. The minimum atomic E-state index is -3.65. The van der Waals surface area contributed by atoms with E-state index in [1.54, 1.807) is 0 Å². The van der Waals surface area contributed by atoms with Gasteiger partial charge in [-0.2, -0.15) is 0 Å². The first-order valence-corrected chi connectivity index (χ1v) is 9.57. The van der Waals surface area contributed by atoms with Gasteiger partial charge < -0.3 is 5.32 Å². The molecule has 0 bridgehead atoms. The molecule has 2 N–H and O–H groups in total. The Morgan fingerprint density at radius 2 is 2.21 bits per heavy atom. The molecule has 126 valence electrons. The van der Waals surface area contributed by atoms with Crippen molar-refractivity contribution in [1.82, 2.24) is 19.4 Å². The van der Waals surface area contributed by atoms with Gasteiger partial charge >= 0.3 is 0 Å². The maximum Gasteiger partial charge on any atom is 0.253 e. The van der Waals surface area contributed by atoms with Gasteiger partial charge in [-0.1, -0.05) is 11.6 Å². The number of thiazole rings is 1. The number of hydrogen-bond donors (Lipinski definition) is 2. The predicted octanol–water partition coefficient (Wildman–Crippen LogP) is 1.89. The average Bonchev–Trinajstić information content (AvgIpc) is 3.14. The lowest BCUT2D eigenvalue weighted by atomic mass is 10.2. The van der Waals surface area contributed by atoms with Crippen LogP contribution in [0.3, 0.4) is 0 Å². The number of hydrogen-bond acceptors (Lipinski definition) is 5. The zero-order valence-electron chi connectivity index (χ0n) is 12.5. The number of amides is 1. The van der Waals surface area contributed by atoms with Crippen LogP contribution in [-0.2, 0) is 16.6 Å². The van der Waals surface area contributed by atoms with Gasteiger partial charge in [-0.3, -0.25) is 9.20 Å². The highest BCUT2D eigenvalue weighted by Crippen LogP contribution is 2.20. The normalized spacial score (nSPS) is 11.8. The van der Waals surface area contributed by atoms with E-state index in [0.717, 1.165) is 4.96 Å². The van der Waals surface area contributed by atoms with E-state index in [-0.39, 0.29) is 22.0 Å². The molecule has 3 rings (SSSR count). The molecule has 0 fully saturated rings. The Balaban J connectivity index is 1.79. The number of nitrogens with zero attached hydrogens (tertiary/aromatic N) is 2. The van der Waals surface area contributed by atoms with Crippen LogP contribution >= 0.6 is 22.9 Å². The van der Waals surface area contributed by atoms with Crippen molar-refractivity contribution in [3.8, 4) is 0 Å². The molecule has 0 saturated heterocycles. The van der Waals surface area contributed by atoms with Gasteiger partial charge in [-0.05, 0) is 25.2 Å². The molecule has 0 aliphatic heterocycles. The summed E-state index contributed by atoms with van der Waals surface area (Å²) in [5, 5.41) is 4.78. The van der Waals surface area contributed by atoms with Crippen LogP contribution in [0.15, 0.2) is 40.9 Å². The number of rotatable bonds is 5. The van der Waals surface area contributed by atoms with Gasteiger partial charge in [0.1, 0.15) is 0 Å². The summed E-state index contributed by atoms with van der Waals surface area (Å²) >= 11 is 7.51. The van der Waals surface area contributed by atoms with Crippen molar-refractivity contribution < 1.29 is 13.2 Å². The Morgan fingerprint density at radius 3 is 2.92 bits per heavy atom. The molecule has 1 amide bonds. The number of carbonyl (C=O) groups excluding carboxylic acids is 1. The maximum atomic E-state index is 12.3. The van der Waals surface area contributed by atoms with Gasteiger partial charge in [0.15, 0.2) is 4.96 Å². The second-order valence-electron chi connectivity index (χ2n) is 4.86. The van der Waals surface area contributed by atoms with E-state index < -0.39 is 15.9 Å². The Kier molecular flexibility index (Phi) is 4.59. The van der Waals surface area contributed by atoms with Gasteiger partial charge in [-0.15, -0.1) is 11.3 Å². The second kappa shape index (κ2) is 6.52. The molecule has 10 heteroatoms. The Labute approximate surface area is 147 Å². The Morgan fingerprint density at radius 1 is 1.42 bits per heavy atom. The van der Waals surface area contributed by atoms with Crippen molar-refractivity contribution in [3.63, 3.8) is 0 Å². The summed E-state index contributed by atoms with van der Waals surface area (Å²) in [5.41, 5.74) is 0.791. The largest absolute Gasteiger partial charge is 0.346 e. The molecular weight excluding hydrogens is 372 g/mol. The number of sulfonamides is 1. The number of carbonyl (C=O) groups is 1. The van der Waals surface area contributed by atoms with Gasteiger partial charge in [0.05, 0.1) is 27.7 Å². The van der Waals surface area contributed by atoms with Crippen LogP contribution in [0, 0.1) is 0 Å². The first-order chi connectivity index (χ1) is 11.4. The summed E-state index contributed by atoms with van der Waals surface area (Å²) < 4.78 is 27.7. The lowest BCUT2D eigenvalue weighted by molar-refractivity contribution is 0.0950. The predicted molar refractivity (Wildman–Crippen MR) is 91.9 cm³/mol. The average molecular weight is 385 g/mol. The molecule has 1 aromatic carbocycles. The van der Waals surface area contributed by atoms with Crippen LogP contribution in [0.4, 0.5) is 0 Å². The first-order valence-electron chi connectivity index (χ1n) is 6.83. The molecule has 2 heterocycles. The second-order valence-corrected chi connectivity index (χ2v) is 8.02. The standard InChI is InChI=1S/C14H13ClN4O3S2/c1-16-24(21,22)10-2-3-12(15)11(6-10)13(20)17-7-9-8-19-4-5-23-14(19)18-9/h2-6,8,16H,7H2,1H3,(H,17,20). The van der Waals surface area contributed by atoms with Crippen molar-refractivity contribution >= 4 is 43.8 Å². The monoisotopic (exact) mass is 384 g/mol. The van der Waals surface area contributed by atoms with Gasteiger partial charge in [0.25, 0.3) is 5.91 Å². The minimum Gasteiger partial charge on any atom is -0.346 e. The summed E-state index contributed by atoms with van der Waals surface area (Å²) in [6.07, 6.45) is 3.69. The number of benzene rings is 1. The molecule has 0 aliphatic carbocycles. The third kappa shape index (κ3) is 3.29. The quantitative estimate of drug-likeness (QED) is 0.702. The zero-order valence-corrected chi connectivity index (χ0v) is 14.9. The molecule has 0 saturated carbocycles. The minimum absolute atomic E-state index is 0.0259. The fourth-order valence-corrected chi connectivity index (χ4v) is 3.77. The van der Waals surface area contributed by atoms with Crippen LogP contribution in [-0.4, -0.2) is 30.8 Å². The highest BCUT2D eigenvalue weighted by Gasteiger charge is 2.17. The van der Waals surface area contributed by atoms with Crippen molar-refractivity contribution in [2.24, 2.45) is 0 Å². The smallest absolute Gasteiger partial charge is 0.253 e. The van der Waals surface area contributed by atoms with Gasteiger partial charge in [-0.25, -0.2) is 18.1 Å². The lowest BCUT2D eigenvalue weighted by Crippen LogP contribution is -2.24. The molecule has 24 heavy (non-hydrogen) atoms. The summed E-state index contributed by atoms with van der Waals surface area (Å²) in [7, 11) is -2.35. The number of aromatic nitrogens is 2. The molecule has 0 atom stereocenters.